The largest absolute Gasteiger partial charge is 0.452 e. The number of hydrogen-bond donors (Lipinski definition) is 3. The molecule has 0 heterocycles. The third-order valence-electron chi connectivity index (χ3n) is 4.41. The van der Waals surface area contributed by atoms with Crippen LogP contribution in [0, 0.1) is 0 Å². The van der Waals surface area contributed by atoms with Crippen LogP contribution in [-0.4, -0.2) is 38.9 Å². The van der Waals surface area contributed by atoms with Gasteiger partial charge in [0.1, 0.15) is 6.54 Å². The van der Waals surface area contributed by atoms with Gasteiger partial charge < -0.3 is 15.4 Å². The van der Waals surface area contributed by atoms with E-state index in [1.165, 1.54) is 38.1 Å². The number of benzene rings is 2. The molecule has 3 N–H and O–H groups in total. The van der Waals surface area contributed by atoms with Gasteiger partial charge in [0, 0.05) is 18.3 Å². The number of rotatable bonds is 9. The van der Waals surface area contributed by atoms with Crippen molar-refractivity contribution in [2.45, 2.75) is 44.6 Å². The zero-order chi connectivity index (χ0) is 23.9. The lowest BCUT2D eigenvalue weighted by molar-refractivity contribution is -0.151. The Balaban J connectivity index is 1.86. The maximum Gasteiger partial charge on any atom is 0.321 e. The molecule has 0 fully saturated rings. The average molecular weight is 462 g/mol. The molecule has 172 valence electrons. The van der Waals surface area contributed by atoms with E-state index in [1.54, 1.807) is 12.1 Å². The molecular weight excluding hydrogens is 434 g/mol. The summed E-state index contributed by atoms with van der Waals surface area (Å²) in [7, 11) is -3.98. The molecule has 2 rings (SSSR count). The van der Waals surface area contributed by atoms with Crippen molar-refractivity contribution in [1.82, 2.24) is 4.72 Å². The Morgan fingerprint density at radius 2 is 1.41 bits per heavy atom. The summed E-state index contributed by atoms with van der Waals surface area (Å²) in [5.41, 5.74) is 2.12. The van der Waals surface area contributed by atoms with Crippen molar-refractivity contribution in [3.8, 4) is 0 Å². The van der Waals surface area contributed by atoms with Crippen LogP contribution < -0.4 is 15.4 Å². The summed E-state index contributed by atoms with van der Waals surface area (Å²) in [5.74, 6) is -1.36. The topological polar surface area (TPSA) is 131 Å². The molecule has 2 aromatic carbocycles. The molecule has 0 aliphatic heterocycles. The van der Waals surface area contributed by atoms with Crippen LogP contribution in [0.15, 0.2) is 53.4 Å². The van der Waals surface area contributed by atoms with Gasteiger partial charge in [-0.25, -0.2) is 8.42 Å². The van der Waals surface area contributed by atoms with Gasteiger partial charge in [-0.3, -0.25) is 14.4 Å². The first kappa shape index (κ1) is 25.0. The molecule has 2 aromatic rings. The quantitative estimate of drug-likeness (QED) is 0.492. The lowest BCUT2D eigenvalue weighted by Gasteiger charge is -2.14. The molecule has 0 aliphatic rings. The molecule has 1 atom stereocenters. The minimum absolute atomic E-state index is 0.0879. The predicted octanol–water partition coefficient (Wildman–Crippen LogP) is 2.62. The highest BCUT2D eigenvalue weighted by atomic mass is 32.2. The molecule has 0 saturated carbocycles. The van der Waals surface area contributed by atoms with Gasteiger partial charge in [0.05, 0.1) is 4.90 Å². The number of ether oxygens (including phenoxy) is 1. The molecule has 9 nitrogen and oxygen atoms in total. The molecule has 2 amide bonds. The Kier molecular flexibility index (Phi) is 8.50. The number of amides is 2. The summed E-state index contributed by atoms with van der Waals surface area (Å²) in [6.45, 7) is 6.21. The fourth-order valence-corrected chi connectivity index (χ4v) is 3.61. The Morgan fingerprint density at radius 3 is 1.94 bits per heavy atom. The standard InChI is InChI=1S/C22H27N3O6S/c1-14(2)17-5-7-19(8-6-17)25-22(28)15(3)31-21(27)13-23-32(29,30)20-11-9-18(10-12-20)24-16(4)26/h5-12,14-15,23H,13H2,1-4H3,(H,24,26)(H,25,28). The Morgan fingerprint density at radius 1 is 0.875 bits per heavy atom. The molecule has 0 saturated heterocycles. The van der Waals surface area contributed by atoms with Crippen molar-refractivity contribution in [1.29, 1.82) is 0 Å². The van der Waals surface area contributed by atoms with Crippen molar-refractivity contribution in [2.75, 3.05) is 17.2 Å². The first-order valence-electron chi connectivity index (χ1n) is 9.95. The van der Waals surface area contributed by atoms with Crippen LogP contribution in [0.25, 0.3) is 0 Å². The van der Waals surface area contributed by atoms with Crippen LogP contribution in [0.3, 0.4) is 0 Å². The van der Waals surface area contributed by atoms with E-state index >= 15 is 0 Å². The Hall–Kier alpha value is -3.24. The van der Waals surface area contributed by atoms with E-state index in [0.29, 0.717) is 17.3 Å². The number of anilines is 2. The van der Waals surface area contributed by atoms with Crippen molar-refractivity contribution in [3.05, 3.63) is 54.1 Å². The molecule has 1 unspecified atom stereocenters. The average Bonchev–Trinajstić information content (AvgIpc) is 2.72. The van der Waals surface area contributed by atoms with Gasteiger partial charge >= 0.3 is 5.97 Å². The number of carbonyl (C=O) groups is 3. The number of esters is 1. The maximum absolute atomic E-state index is 12.3. The fourth-order valence-electron chi connectivity index (χ4n) is 2.65. The van der Waals surface area contributed by atoms with Crippen LogP contribution in [0.1, 0.15) is 39.2 Å². The normalized spacial score (nSPS) is 12.2. The number of sulfonamides is 1. The molecule has 32 heavy (non-hydrogen) atoms. The molecular formula is C22H27N3O6S. The van der Waals surface area contributed by atoms with Crippen LogP contribution in [0.2, 0.25) is 0 Å². The van der Waals surface area contributed by atoms with Gasteiger partial charge in [-0.2, -0.15) is 4.72 Å². The van der Waals surface area contributed by atoms with E-state index in [9.17, 15) is 22.8 Å². The van der Waals surface area contributed by atoms with Crippen molar-refractivity contribution in [2.24, 2.45) is 0 Å². The monoisotopic (exact) mass is 461 g/mol. The molecule has 0 radical (unpaired) electrons. The smallest absolute Gasteiger partial charge is 0.321 e. The summed E-state index contributed by atoms with van der Waals surface area (Å²) < 4.78 is 31.8. The third-order valence-corrected chi connectivity index (χ3v) is 5.83. The van der Waals surface area contributed by atoms with Gasteiger partial charge in [-0.05, 0) is 54.8 Å². The zero-order valence-electron chi connectivity index (χ0n) is 18.3. The van der Waals surface area contributed by atoms with E-state index < -0.39 is 34.5 Å². The second-order valence-corrected chi connectivity index (χ2v) is 9.20. The highest BCUT2D eigenvalue weighted by Crippen LogP contribution is 2.17. The second kappa shape index (κ2) is 10.9. The third kappa shape index (κ3) is 7.47. The highest BCUT2D eigenvalue weighted by molar-refractivity contribution is 7.89. The molecule has 10 heteroatoms. The zero-order valence-corrected chi connectivity index (χ0v) is 19.2. The van der Waals surface area contributed by atoms with E-state index in [2.05, 4.69) is 29.2 Å². The fraction of sp³-hybridized carbons (Fsp3) is 0.318. The lowest BCUT2D eigenvalue weighted by atomic mass is 10.0. The maximum atomic E-state index is 12.3. The van der Waals surface area contributed by atoms with Crippen molar-refractivity contribution >= 4 is 39.2 Å². The molecule has 0 aliphatic carbocycles. The lowest BCUT2D eigenvalue weighted by Crippen LogP contribution is -2.35. The second-order valence-electron chi connectivity index (χ2n) is 7.43. The number of carbonyl (C=O) groups excluding carboxylic acids is 3. The molecule has 0 bridgehead atoms. The minimum atomic E-state index is -3.98. The van der Waals surface area contributed by atoms with Gasteiger partial charge in [0.2, 0.25) is 15.9 Å². The predicted molar refractivity (Wildman–Crippen MR) is 121 cm³/mol. The van der Waals surface area contributed by atoms with Gasteiger partial charge in [0.15, 0.2) is 6.10 Å². The van der Waals surface area contributed by atoms with E-state index in [0.717, 1.165) is 5.56 Å². The summed E-state index contributed by atoms with van der Waals surface area (Å²) in [4.78, 5) is 35.2. The van der Waals surface area contributed by atoms with E-state index in [4.69, 9.17) is 4.74 Å². The van der Waals surface area contributed by atoms with Crippen LogP contribution >= 0.6 is 0 Å². The van der Waals surface area contributed by atoms with Crippen LogP contribution in [0.4, 0.5) is 11.4 Å². The molecule has 0 aromatic heterocycles. The van der Waals surface area contributed by atoms with E-state index in [-0.39, 0.29) is 10.8 Å². The van der Waals surface area contributed by atoms with Gasteiger partial charge in [-0.1, -0.05) is 26.0 Å². The highest BCUT2D eigenvalue weighted by Gasteiger charge is 2.21. The van der Waals surface area contributed by atoms with E-state index in [1.807, 2.05) is 12.1 Å². The molecule has 0 spiro atoms. The van der Waals surface area contributed by atoms with Gasteiger partial charge in [0.25, 0.3) is 5.91 Å². The minimum Gasteiger partial charge on any atom is -0.452 e. The van der Waals surface area contributed by atoms with Crippen molar-refractivity contribution in [3.63, 3.8) is 0 Å². The number of hydrogen-bond acceptors (Lipinski definition) is 6. The van der Waals surface area contributed by atoms with Crippen molar-refractivity contribution < 1.29 is 27.5 Å². The summed E-state index contributed by atoms with van der Waals surface area (Å²) >= 11 is 0. The Bertz CT molecular complexity index is 1060. The van der Waals surface area contributed by atoms with Crippen LogP contribution in [-0.2, 0) is 29.1 Å². The summed E-state index contributed by atoms with van der Waals surface area (Å²) in [6, 6.07) is 12.7. The SMILES string of the molecule is CC(=O)Nc1ccc(S(=O)(=O)NCC(=O)OC(C)C(=O)Nc2ccc(C(C)C)cc2)cc1. The van der Waals surface area contributed by atoms with Crippen LogP contribution in [0.5, 0.6) is 0 Å². The number of nitrogens with one attached hydrogen (secondary N) is 3. The van der Waals surface area contributed by atoms with Gasteiger partial charge in [-0.15, -0.1) is 0 Å². The summed E-state index contributed by atoms with van der Waals surface area (Å²) in [6.07, 6.45) is -1.12. The first-order chi connectivity index (χ1) is 15.0. The summed E-state index contributed by atoms with van der Waals surface area (Å²) in [5, 5.41) is 5.17. The first-order valence-corrected chi connectivity index (χ1v) is 11.4. The Labute approximate surface area is 187 Å².